The number of hydrogen-bond donors (Lipinski definition) is 0. The molecule has 0 amide bonds. The molecule has 1 unspecified atom stereocenters. The zero-order valence-electron chi connectivity index (χ0n) is 9.74. The lowest BCUT2D eigenvalue weighted by atomic mass is 10.2. The monoisotopic (exact) mass is 285 g/mol. The topological polar surface area (TPSA) is 29.5 Å². The van der Waals surface area contributed by atoms with Crippen LogP contribution >= 0.6 is 15.9 Å². The number of rotatable bonds is 4. The summed E-state index contributed by atoms with van der Waals surface area (Å²) in [6.45, 7) is 2.63. The summed E-state index contributed by atoms with van der Waals surface area (Å²) in [5, 5.41) is 0. The number of esters is 1. The molecule has 0 bridgehead atoms. The standard InChI is InChI=1S/C12H16BrNO2/c1-9-6-4-5-7-11(9)14(2)8-10(13)12(15)16-3/h4-7,10H,8H2,1-3H3. The minimum Gasteiger partial charge on any atom is -0.468 e. The van der Waals surface area contributed by atoms with Gasteiger partial charge in [0.05, 0.1) is 7.11 Å². The second-order valence-corrected chi connectivity index (χ2v) is 4.76. The Hall–Kier alpha value is -1.03. The van der Waals surface area contributed by atoms with Gasteiger partial charge in [-0.3, -0.25) is 4.79 Å². The molecule has 4 heteroatoms. The van der Waals surface area contributed by atoms with Gasteiger partial charge in [0, 0.05) is 19.3 Å². The maximum Gasteiger partial charge on any atom is 0.321 e. The minimum absolute atomic E-state index is 0.250. The Kier molecular flexibility index (Phi) is 4.80. The number of methoxy groups -OCH3 is 1. The average molecular weight is 286 g/mol. The molecule has 0 fully saturated rings. The fourth-order valence-corrected chi connectivity index (χ4v) is 2.15. The molecule has 1 aromatic rings. The van der Waals surface area contributed by atoms with Gasteiger partial charge in [-0.05, 0) is 18.6 Å². The van der Waals surface area contributed by atoms with Gasteiger partial charge in [0.1, 0.15) is 4.83 Å². The SMILES string of the molecule is COC(=O)C(Br)CN(C)c1ccccc1C. The summed E-state index contributed by atoms with van der Waals surface area (Å²) in [5.74, 6) is -0.250. The Morgan fingerprint density at radius 1 is 1.50 bits per heavy atom. The molecular weight excluding hydrogens is 270 g/mol. The fourth-order valence-electron chi connectivity index (χ4n) is 1.53. The van der Waals surface area contributed by atoms with Gasteiger partial charge in [-0.2, -0.15) is 0 Å². The molecule has 0 spiro atoms. The molecule has 0 saturated carbocycles. The van der Waals surface area contributed by atoms with Crippen molar-refractivity contribution in [1.82, 2.24) is 0 Å². The highest BCUT2D eigenvalue weighted by Crippen LogP contribution is 2.19. The van der Waals surface area contributed by atoms with E-state index in [9.17, 15) is 4.79 Å². The zero-order valence-corrected chi connectivity index (χ0v) is 11.3. The number of ether oxygens (including phenoxy) is 1. The Morgan fingerprint density at radius 2 is 2.12 bits per heavy atom. The number of carbonyl (C=O) groups is 1. The van der Waals surface area contributed by atoms with Gasteiger partial charge in [0.2, 0.25) is 0 Å². The third-order valence-electron chi connectivity index (χ3n) is 2.42. The van der Waals surface area contributed by atoms with E-state index in [4.69, 9.17) is 0 Å². The van der Waals surface area contributed by atoms with Crippen LogP contribution in [0.1, 0.15) is 5.56 Å². The summed E-state index contributed by atoms with van der Waals surface area (Å²) in [5.41, 5.74) is 2.31. The van der Waals surface area contributed by atoms with Crippen molar-refractivity contribution < 1.29 is 9.53 Å². The molecule has 0 aliphatic rings. The second kappa shape index (κ2) is 5.89. The predicted molar refractivity (Wildman–Crippen MR) is 69.2 cm³/mol. The van der Waals surface area contributed by atoms with E-state index in [1.807, 2.05) is 43.1 Å². The van der Waals surface area contributed by atoms with Crippen molar-refractivity contribution in [3.05, 3.63) is 29.8 Å². The van der Waals surface area contributed by atoms with E-state index in [0.717, 1.165) is 5.69 Å². The van der Waals surface area contributed by atoms with Crippen LogP contribution in [0.2, 0.25) is 0 Å². The number of aryl methyl sites for hydroxylation is 1. The number of nitrogens with zero attached hydrogens (tertiary/aromatic N) is 1. The second-order valence-electron chi connectivity index (χ2n) is 3.66. The summed E-state index contributed by atoms with van der Waals surface area (Å²) in [7, 11) is 3.35. The van der Waals surface area contributed by atoms with E-state index < -0.39 is 0 Å². The first kappa shape index (κ1) is 13.0. The first-order valence-electron chi connectivity index (χ1n) is 5.05. The average Bonchev–Trinajstić information content (AvgIpc) is 2.28. The summed E-state index contributed by atoms with van der Waals surface area (Å²) in [4.78, 5) is 13.0. The van der Waals surface area contributed by atoms with Crippen molar-refractivity contribution in [2.75, 3.05) is 25.6 Å². The highest BCUT2D eigenvalue weighted by molar-refractivity contribution is 9.10. The molecule has 0 N–H and O–H groups in total. The molecule has 16 heavy (non-hydrogen) atoms. The van der Waals surface area contributed by atoms with Crippen LogP contribution in [0.15, 0.2) is 24.3 Å². The molecule has 0 radical (unpaired) electrons. The maximum absolute atomic E-state index is 11.3. The van der Waals surface area contributed by atoms with Crippen molar-refractivity contribution in [3.8, 4) is 0 Å². The van der Waals surface area contributed by atoms with E-state index in [1.165, 1.54) is 12.7 Å². The van der Waals surface area contributed by atoms with Crippen LogP contribution < -0.4 is 4.90 Å². The van der Waals surface area contributed by atoms with E-state index in [0.29, 0.717) is 6.54 Å². The van der Waals surface area contributed by atoms with Gasteiger partial charge < -0.3 is 9.64 Å². The Balaban J connectivity index is 2.69. The van der Waals surface area contributed by atoms with E-state index in [1.54, 1.807) is 0 Å². The van der Waals surface area contributed by atoms with Crippen molar-refractivity contribution in [1.29, 1.82) is 0 Å². The molecule has 0 heterocycles. The summed E-state index contributed by atoms with van der Waals surface area (Å²) in [6, 6.07) is 8.07. The molecule has 1 rings (SSSR count). The van der Waals surface area contributed by atoms with Crippen LogP contribution in [0.5, 0.6) is 0 Å². The first-order valence-corrected chi connectivity index (χ1v) is 5.96. The lowest BCUT2D eigenvalue weighted by Gasteiger charge is -2.23. The zero-order chi connectivity index (χ0) is 12.1. The normalized spacial score (nSPS) is 12.0. The van der Waals surface area contributed by atoms with Gasteiger partial charge in [0.25, 0.3) is 0 Å². The van der Waals surface area contributed by atoms with Gasteiger partial charge in [0.15, 0.2) is 0 Å². The van der Waals surface area contributed by atoms with Gasteiger partial charge in [-0.25, -0.2) is 0 Å². The third-order valence-corrected chi connectivity index (χ3v) is 3.08. The van der Waals surface area contributed by atoms with Crippen LogP contribution in [-0.4, -0.2) is 31.5 Å². The Morgan fingerprint density at radius 3 is 2.69 bits per heavy atom. The Labute approximate surface area is 105 Å². The van der Waals surface area contributed by atoms with Crippen LogP contribution in [0.25, 0.3) is 0 Å². The summed E-state index contributed by atoms with van der Waals surface area (Å²) in [6.07, 6.45) is 0. The molecule has 3 nitrogen and oxygen atoms in total. The highest BCUT2D eigenvalue weighted by Gasteiger charge is 2.18. The third kappa shape index (κ3) is 3.23. The van der Waals surface area contributed by atoms with Crippen LogP contribution in [0.4, 0.5) is 5.69 Å². The molecule has 0 saturated heterocycles. The summed E-state index contributed by atoms with van der Waals surface area (Å²) >= 11 is 3.31. The lowest BCUT2D eigenvalue weighted by Crippen LogP contribution is -2.31. The molecule has 1 aromatic carbocycles. The maximum atomic E-state index is 11.3. The van der Waals surface area contributed by atoms with Crippen LogP contribution in [-0.2, 0) is 9.53 Å². The smallest absolute Gasteiger partial charge is 0.321 e. The van der Waals surface area contributed by atoms with E-state index in [-0.39, 0.29) is 10.8 Å². The predicted octanol–water partition coefficient (Wildman–Crippen LogP) is 2.37. The lowest BCUT2D eigenvalue weighted by molar-refractivity contribution is -0.139. The number of carbonyl (C=O) groups excluding carboxylic acids is 1. The first-order chi connectivity index (χ1) is 7.56. The van der Waals surface area contributed by atoms with Crippen molar-refractivity contribution >= 4 is 27.6 Å². The highest BCUT2D eigenvalue weighted by atomic mass is 79.9. The number of alkyl halides is 1. The van der Waals surface area contributed by atoms with Crippen molar-refractivity contribution in [2.45, 2.75) is 11.8 Å². The van der Waals surface area contributed by atoms with Gasteiger partial charge in [-0.1, -0.05) is 34.1 Å². The van der Waals surface area contributed by atoms with E-state index in [2.05, 4.69) is 20.7 Å². The van der Waals surface area contributed by atoms with Crippen LogP contribution in [0.3, 0.4) is 0 Å². The van der Waals surface area contributed by atoms with Gasteiger partial charge in [-0.15, -0.1) is 0 Å². The molecule has 1 atom stereocenters. The molecule has 0 aromatic heterocycles. The largest absolute Gasteiger partial charge is 0.468 e. The fraction of sp³-hybridized carbons (Fsp3) is 0.417. The number of halogens is 1. The number of para-hydroxylation sites is 1. The summed E-state index contributed by atoms with van der Waals surface area (Å²) < 4.78 is 4.67. The number of anilines is 1. The van der Waals surface area contributed by atoms with Crippen molar-refractivity contribution in [3.63, 3.8) is 0 Å². The molecule has 88 valence electrons. The molecule has 0 aliphatic carbocycles. The van der Waals surface area contributed by atoms with E-state index >= 15 is 0 Å². The van der Waals surface area contributed by atoms with Crippen LogP contribution in [0, 0.1) is 6.92 Å². The quantitative estimate of drug-likeness (QED) is 0.628. The number of hydrogen-bond acceptors (Lipinski definition) is 3. The number of benzene rings is 1. The minimum atomic E-state index is -0.304. The molecule has 0 aliphatic heterocycles. The molecular formula is C12H16BrNO2. The van der Waals surface area contributed by atoms with Gasteiger partial charge >= 0.3 is 5.97 Å². The Bertz CT molecular complexity index is 368. The van der Waals surface area contributed by atoms with Crippen molar-refractivity contribution in [2.24, 2.45) is 0 Å².